The van der Waals surface area contributed by atoms with Crippen molar-refractivity contribution in [3.8, 4) is 11.8 Å². The number of anilines is 1. The average molecular weight is 413 g/mol. The fourth-order valence-electron chi connectivity index (χ4n) is 3.07. The van der Waals surface area contributed by atoms with Crippen molar-refractivity contribution in [2.24, 2.45) is 0 Å². The first kappa shape index (κ1) is 19.6. The highest BCUT2D eigenvalue weighted by atomic mass is 16.5. The van der Waals surface area contributed by atoms with E-state index >= 15 is 0 Å². The van der Waals surface area contributed by atoms with Crippen molar-refractivity contribution in [2.75, 3.05) is 11.9 Å². The van der Waals surface area contributed by atoms with Crippen molar-refractivity contribution in [2.45, 2.75) is 0 Å². The van der Waals surface area contributed by atoms with E-state index in [1.807, 2.05) is 12.1 Å². The molecule has 2 aromatic heterocycles. The van der Waals surface area contributed by atoms with Crippen LogP contribution in [0.5, 0.6) is 0 Å². The molecule has 2 heterocycles. The number of rotatable bonds is 5. The number of carbonyl (C=O) groups excluding carboxylic acids is 2. The summed E-state index contributed by atoms with van der Waals surface area (Å²) in [7, 11) is 0. The molecule has 31 heavy (non-hydrogen) atoms. The molecule has 1 amide bonds. The van der Waals surface area contributed by atoms with E-state index in [2.05, 4.69) is 15.4 Å². The number of nitrogens with one attached hydrogen (secondary N) is 2. The first-order valence-corrected chi connectivity index (χ1v) is 9.19. The number of nitrogens with zero attached hydrogens (tertiary/aromatic N) is 3. The van der Waals surface area contributed by atoms with E-state index in [4.69, 9.17) is 4.74 Å². The Bertz CT molecular complexity index is 1380. The first-order chi connectivity index (χ1) is 15.1. The van der Waals surface area contributed by atoms with Crippen molar-refractivity contribution >= 4 is 28.6 Å². The average Bonchev–Trinajstić information content (AvgIpc) is 3.19. The number of hydrogen-bond donors (Lipinski definition) is 2. The Hall–Kier alpha value is -4.71. The Morgan fingerprint density at radius 2 is 1.87 bits per heavy atom. The molecule has 0 saturated heterocycles. The summed E-state index contributed by atoms with van der Waals surface area (Å²) in [5.74, 6) is -1.30. The molecule has 4 rings (SSSR count). The number of esters is 1. The van der Waals surface area contributed by atoms with Gasteiger partial charge in [-0.1, -0.05) is 36.4 Å². The van der Waals surface area contributed by atoms with E-state index in [1.54, 1.807) is 48.5 Å². The van der Waals surface area contributed by atoms with E-state index in [-0.39, 0.29) is 16.9 Å². The summed E-state index contributed by atoms with van der Waals surface area (Å²) in [5, 5.41) is 16.5. The molecule has 0 saturated carbocycles. The van der Waals surface area contributed by atoms with Crippen molar-refractivity contribution in [1.82, 2.24) is 14.8 Å². The third-order valence-corrected chi connectivity index (χ3v) is 4.45. The number of amides is 1. The molecule has 2 N–H and O–H groups in total. The third-order valence-electron chi connectivity index (χ3n) is 4.45. The zero-order chi connectivity index (χ0) is 21.8. The molecule has 0 aliphatic carbocycles. The van der Waals surface area contributed by atoms with Crippen molar-refractivity contribution in [3.63, 3.8) is 0 Å². The van der Waals surface area contributed by atoms with Gasteiger partial charge in [0.25, 0.3) is 5.91 Å². The van der Waals surface area contributed by atoms with Gasteiger partial charge in [-0.05, 0) is 18.2 Å². The lowest BCUT2D eigenvalue weighted by Gasteiger charge is -2.10. The fraction of sp³-hybridized carbons (Fsp3) is 0.0455. The van der Waals surface area contributed by atoms with Gasteiger partial charge in [0.2, 0.25) is 5.56 Å². The fourth-order valence-corrected chi connectivity index (χ4v) is 3.07. The van der Waals surface area contributed by atoms with Crippen LogP contribution in [0.2, 0.25) is 0 Å². The van der Waals surface area contributed by atoms with Gasteiger partial charge in [-0.15, -0.1) is 0 Å². The monoisotopic (exact) mass is 413 g/mol. The van der Waals surface area contributed by atoms with Crippen LogP contribution in [-0.4, -0.2) is 33.2 Å². The smallest absolute Gasteiger partial charge is 0.339 e. The van der Waals surface area contributed by atoms with E-state index < -0.39 is 24.0 Å². The number of hydrogen-bond acceptors (Lipinski definition) is 6. The van der Waals surface area contributed by atoms with Crippen molar-refractivity contribution in [3.05, 3.63) is 88.3 Å². The molecule has 2 aromatic carbocycles. The molecule has 9 nitrogen and oxygen atoms in total. The van der Waals surface area contributed by atoms with E-state index in [9.17, 15) is 19.6 Å². The molecule has 0 spiro atoms. The number of para-hydroxylation sites is 2. The SMILES string of the molecule is N#Cc1cnn(-c2ccccc2)c1NC(=O)COC(=O)c1cc(=O)[nH]c2ccccc12. The topological polar surface area (TPSA) is 130 Å². The molecule has 0 unspecified atom stereocenters. The lowest BCUT2D eigenvalue weighted by atomic mass is 10.1. The number of benzene rings is 2. The molecule has 4 aromatic rings. The zero-order valence-electron chi connectivity index (χ0n) is 16.0. The van der Waals surface area contributed by atoms with Crippen LogP contribution in [0.15, 0.2) is 71.7 Å². The molecule has 0 fully saturated rings. The number of fused-ring (bicyclic) bond motifs is 1. The molecule has 0 atom stereocenters. The van der Waals surface area contributed by atoms with E-state index in [0.29, 0.717) is 16.6 Å². The van der Waals surface area contributed by atoms with Crippen LogP contribution in [0.4, 0.5) is 5.82 Å². The zero-order valence-corrected chi connectivity index (χ0v) is 16.0. The van der Waals surface area contributed by atoms with E-state index in [0.717, 1.165) is 6.07 Å². The summed E-state index contributed by atoms with van der Waals surface area (Å²) in [6.45, 7) is -0.606. The lowest BCUT2D eigenvalue weighted by Crippen LogP contribution is -2.23. The Labute approximate surface area is 175 Å². The number of aromatic nitrogens is 3. The van der Waals surface area contributed by atoms with Gasteiger partial charge in [-0.2, -0.15) is 10.4 Å². The van der Waals surface area contributed by atoms with Gasteiger partial charge in [-0.25, -0.2) is 9.48 Å². The van der Waals surface area contributed by atoms with Crippen LogP contribution in [-0.2, 0) is 9.53 Å². The molecule has 0 aliphatic rings. The molecular weight excluding hydrogens is 398 g/mol. The number of nitriles is 1. The van der Waals surface area contributed by atoms with Gasteiger partial charge < -0.3 is 15.0 Å². The Morgan fingerprint density at radius 3 is 2.65 bits per heavy atom. The van der Waals surface area contributed by atoms with Gasteiger partial charge in [0.1, 0.15) is 11.6 Å². The van der Waals surface area contributed by atoms with Crippen molar-refractivity contribution < 1.29 is 14.3 Å². The highest BCUT2D eigenvalue weighted by Gasteiger charge is 2.18. The summed E-state index contributed by atoms with van der Waals surface area (Å²) < 4.78 is 6.51. The lowest BCUT2D eigenvalue weighted by molar-refractivity contribution is -0.119. The van der Waals surface area contributed by atoms with Crippen LogP contribution in [0.1, 0.15) is 15.9 Å². The van der Waals surface area contributed by atoms with Crippen molar-refractivity contribution in [1.29, 1.82) is 5.26 Å². The maximum absolute atomic E-state index is 12.5. The second-order valence-corrected chi connectivity index (χ2v) is 6.48. The third kappa shape index (κ3) is 4.04. The molecule has 0 aliphatic heterocycles. The Morgan fingerprint density at radius 1 is 1.13 bits per heavy atom. The van der Waals surface area contributed by atoms with Crippen LogP contribution in [0, 0.1) is 11.3 Å². The quantitative estimate of drug-likeness (QED) is 0.483. The van der Waals surface area contributed by atoms with Gasteiger partial charge in [0.15, 0.2) is 12.4 Å². The van der Waals surface area contributed by atoms with Crippen LogP contribution < -0.4 is 10.9 Å². The molecule has 152 valence electrons. The number of H-pyrrole nitrogens is 1. The highest BCUT2D eigenvalue weighted by Crippen LogP contribution is 2.20. The number of ether oxygens (including phenoxy) is 1. The standard InChI is InChI=1S/C22H15N5O4/c23-11-14-12-24-27(15-6-2-1-3-7-15)21(14)26-20(29)13-31-22(30)17-10-19(28)25-18-9-5-4-8-16(17)18/h1-10,12H,13H2,(H,25,28)(H,26,29). The van der Waals surface area contributed by atoms with Crippen LogP contribution >= 0.6 is 0 Å². The Kier molecular flexibility index (Phi) is 5.27. The minimum absolute atomic E-state index is 0.0548. The summed E-state index contributed by atoms with van der Waals surface area (Å²) in [5.41, 5.74) is 0.881. The van der Waals surface area contributed by atoms with Crippen LogP contribution in [0.3, 0.4) is 0 Å². The number of aromatic amines is 1. The molecule has 0 bridgehead atoms. The summed E-state index contributed by atoms with van der Waals surface area (Å²) >= 11 is 0. The maximum atomic E-state index is 12.5. The summed E-state index contributed by atoms with van der Waals surface area (Å²) in [6, 6.07) is 18.8. The molecule has 9 heteroatoms. The normalized spacial score (nSPS) is 10.4. The van der Waals surface area contributed by atoms with Gasteiger partial charge >= 0.3 is 5.97 Å². The first-order valence-electron chi connectivity index (χ1n) is 9.19. The van der Waals surface area contributed by atoms with Gasteiger partial charge in [0.05, 0.1) is 17.4 Å². The maximum Gasteiger partial charge on any atom is 0.339 e. The molecular formula is C22H15N5O4. The second-order valence-electron chi connectivity index (χ2n) is 6.48. The largest absolute Gasteiger partial charge is 0.452 e. The summed E-state index contributed by atoms with van der Waals surface area (Å²) in [6.07, 6.45) is 1.33. The number of carbonyl (C=O) groups is 2. The number of pyridine rings is 1. The predicted molar refractivity (Wildman–Crippen MR) is 112 cm³/mol. The van der Waals surface area contributed by atoms with Gasteiger partial charge in [0, 0.05) is 17.0 Å². The summed E-state index contributed by atoms with van der Waals surface area (Å²) in [4.78, 5) is 39.4. The minimum atomic E-state index is -0.811. The van der Waals surface area contributed by atoms with Gasteiger partial charge in [-0.3, -0.25) is 9.59 Å². The highest BCUT2D eigenvalue weighted by molar-refractivity contribution is 6.04. The molecule has 0 radical (unpaired) electrons. The van der Waals surface area contributed by atoms with Crippen LogP contribution in [0.25, 0.3) is 16.6 Å². The van der Waals surface area contributed by atoms with E-state index in [1.165, 1.54) is 10.9 Å². The second kappa shape index (κ2) is 8.34. The predicted octanol–water partition coefficient (Wildman–Crippen LogP) is 2.38. The minimum Gasteiger partial charge on any atom is -0.452 e. The Balaban J connectivity index is 1.51.